The zero-order valence-corrected chi connectivity index (χ0v) is 18.5. The fraction of sp³-hybridized carbons (Fsp3) is 0.185. The van der Waals surface area contributed by atoms with Gasteiger partial charge >= 0.3 is 0 Å². The van der Waals surface area contributed by atoms with E-state index in [0.717, 1.165) is 5.75 Å². The highest BCUT2D eigenvalue weighted by Crippen LogP contribution is 2.40. The Morgan fingerprint density at radius 3 is 2.48 bits per heavy atom. The van der Waals surface area contributed by atoms with Crippen LogP contribution in [0.5, 0.6) is 5.75 Å². The van der Waals surface area contributed by atoms with Crippen LogP contribution < -0.4 is 9.92 Å². The van der Waals surface area contributed by atoms with Crippen LogP contribution in [-0.2, 0) is 0 Å². The van der Waals surface area contributed by atoms with E-state index in [2.05, 4.69) is 105 Å². The lowest BCUT2D eigenvalue weighted by Crippen LogP contribution is -2.47. The van der Waals surface area contributed by atoms with E-state index >= 15 is 0 Å². The van der Waals surface area contributed by atoms with Crippen molar-refractivity contribution in [3.05, 3.63) is 102 Å². The van der Waals surface area contributed by atoms with Crippen molar-refractivity contribution >= 4 is 19.3 Å². The molecule has 0 aromatic heterocycles. The molecule has 29 heavy (non-hydrogen) atoms. The molecule has 1 unspecified atom stereocenters. The SMILES string of the molecule is C=CCOc1c(-c2ccccc2)cc(C)cc1[Si](C)(C)C1C=Cc2ccccc21. The first-order valence-electron chi connectivity index (χ1n) is 10.2. The first-order chi connectivity index (χ1) is 14.0. The lowest BCUT2D eigenvalue weighted by molar-refractivity contribution is 0.367. The van der Waals surface area contributed by atoms with Gasteiger partial charge in [-0.25, -0.2) is 0 Å². The van der Waals surface area contributed by atoms with Gasteiger partial charge in [0.05, 0.1) is 8.07 Å². The fourth-order valence-corrected chi connectivity index (χ4v) is 7.77. The minimum Gasteiger partial charge on any atom is -0.489 e. The Hall–Kier alpha value is -2.84. The highest BCUT2D eigenvalue weighted by atomic mass is 28.3. The summed E-state index contributed by atoms with van der Waals surface area (Å²) >= 11 is 0. The maximum atomic E-state index is 6.35. The summed E-state index contributed by atoms with van der Waals surface area (Å²) < 4.78 is 6.35. The monoisotopic (exact) mass is 396 g/mol. The van der Waals surface area contributed by atoms with E-state index in [-0.39, 0.29) is 0 Å². The summed E-state index contributed by atoms with van der Waals surface area (Å²) in [5.74, 6) is 1.02. The Labute approximate surface area is 175 Å². The molecule has 0 heterocycles. The Morgan fingerprint density at radius 2 is 1.72 bits per heavy atom. The lowest BCUT2D eigenvalue weighted by atomic mass is 10.0. The molecule has 1 nitrogen and oxygen atoms in total. The highest BCUT2D eigenvalue weighted by molar-refractivity contribution is 6.92. The van der Waals surface area contributed by atoms with Crippen molar-refractivity contribution in [2.45, 2.75) is 25.6 Å². The maximum Gasteiger partial charge on any atom is 0.126 e. The Balaban J connectivity index is 1.90. The zero-order valence-electron chi connectivity index (χ0n) is 17.5. The van der Waals surface area contributed by atoms with Crippen LogP contribution in [0.2, 0.25) is 13.1 Å². The number of benzene rings is 3. The smallest absolute Gasteiger partial charge is 0.126 e. The topological polar surface area (TPSA) is 9.23 Å². The lowest BCUT2D eigenvalue weighted by Gasteiger charge is -2.33. The Kier molecular flexibility index (Phi) is 5.29. The third-order valence-corrected chi connectivity index (χ3v) is 9.75. The Bertz CT molecular complexity index is 1060. The van der Waals surface area contributed by atoms with E-state index in [0.29, 0.717) is 12.1 Å². The second-order valence-electron chi connectivity index (χ2n) is 8.34. The molecule has 2 heteroatoms. The zero-order chi connectivity index (χ0) is 20.4. The van der Waals surface area contributed by atoms with E-state index in [1.54, 1.807) is 0 Å². The maximum absolute atomic E-state index is 6.35. The van der Waals surface area contributed by atoms with Crippen molar-refractivity contribution in [1.29, 1.82) is 0 Å². The third-order valence-electron chi connectivity index (χ3n) is 5.93. The van der Waals surface area contributed by atoms with Crippen molar-refractivity contribution in [3.8, 4) is 16.9 Å². The molecule has 1 aliphatic rings. The van der Waals surface area contributed by atoms with E-state index < -0.39 is 8.07 Å². The Morgan fingerprint density at radius 1 is 1.00 bits per heavy atom. The third kappa shape index (κ3) is 3.61. The molecule has 0 radical (unpaired) electrons. The predicted octanol–water partition coefficient (Wildman–Crippen LogP) is 6.49. The van der Waals surface area contributed by atoms with E-state index in [1.165, 1.54) is 33.0 Å². The fourth-order valence-electron chi connectivity index (χ4n) is 4.43. The average Bonchev–Trinajstić information content (AvgIpc) is 3.18. The van der Waals surface area contributed by atoms with Gasteiger partial charge in [0.1, 0.15) is 12.4 Å². The van der Waals surface area contributed by atoms with Gasteiger partial charge in [-0.3, -0.25) is 0 Å². The van der Waals surface area contributed by atoms with Gasteiger partial charge in [-0.15, -0.1) is 0 Å². The molecule has 4 rings (SSSR count). The van der Waals surface area contributed by atoms with E-state index in [1.807, 2.05) is 6.08 Å². The molecular formula is C27H28OSi. The van der Waals surface area contributed by atoms with Gasteiger partial charge < -0.3 is 4.74 Å². The van der Waals surface area contributed by atoms with Crippen molar-refractivity contribution in [2.75, 3.05) is 6.61 Å². The first-order valence-corrected chi connectivity index (χ1v) is 13.3. The molecular weight excluding hydrogens is 368 g/mol. The predicted molar refractivity (Wildman–Crippen MR) is 128 cm³/mol. The molecule has 0 saturated carbocycles. The second-order valence-corrected chi connectivity index (χ2v) is 12.9. The van der Waals surface area contributed by atoms with Crippen LogP contribution in [0.4, 0.5) is 0 Å². The summed E-state index contributed by atoms with van der Waals surface area (Å²) in [6.07, 6.45) is 6.52. The number of allylic oxidation sites excluding steroid dienone is 1. The second kappa shape index (κ2) is 7.88. The molecule has 0 spiro atoms. The van der Waals surface area contributed by atoms with Crippen molar-refractivity contribution in [2.24, 2.45) is 0 Å². The minimum absolute atomic E-state index is 0.440. The molecule has 0 amide bonds. The molecule has 0 N–H and O–H groups in total. The molecule has 0 aliphatic heterocycles. The molecule has 146 valence electrons. The van der Waals surface area contributed by atoms with Crippen LogP contribution in [0.25, 0.3) is 17.2 Å². The minimum atomic E-state index is -1.93. The highest BCUT2D eigenvalue weighted by Gasteiger charge is 2.39. The van der Waals surface area contributed by atoms with Gasteiger partial charge in [-0.05, 0) is 34.9 Å². The quantitative estimate of drug-likeness (QED) is 0.342. The largest absolute Gasteiger partial charge is 0.489 e. The number of rotatable bonds is 6. The number of hydrogen-bond donors (Lipinski definition) is 0. The van der Waals surface area contributed by atoms with Crippen LogP contribution in [-0.4, -0.2) is 14.7 Å². The number of aryl methyl sites for hydroxylation is 1. The number of ether oxygens (including phenoxy) is 1. The normalized spacial score (nSPS) is 15.2. The standard InChI is InChI=1S/C27H28OSi/c1-5-17-28-27-24(21-11-7-6-8-12-21)18-20(2)19-26(27)29(3,4)25-16-15-22-13-9-10-14-23(22)25/h5-16,18-19,25H,1,17H2,2-4H3. The van der Waals surface area contributed by atoms with Crippen LogP contribution >= 0.6 is 0 Å². The van der Waals surface area contributed by atoms with Gasteiger partial charge in [0.2, 0.25) is 0 Å². The summed E-state index contributed by atoms with van der Waals surface area (Å²) in [6, 6.07) is 24.0. The summed E-state index contributed by atoms with van der Waals surface area (Å²) in [5, 5.41) is 1.38. The summed E-state index contributed by atoms with van der Waals surface area (Å²) in [7, 11) is -1.93. The average molecular weight is 397 g/mol. The van der Waals surface area contributed by atoms with Crippen LogP contribution in [0.15, 0.2) is 85.5 Å². The molecule has 0 saturated heterocycles. The van der Waals surface area contributed by atoms with Crippen LogP contribution in [0, 0.1) is 6.92 Å². The summed E-state index contributed by atoms with van der Waals surface area (Å²) in [6.45, 7) is 11.5. The van der Waals surface area contributed by atoms with Crippen molar-refractivity contribution in [1.82, 2.24) is 0 Å². The molecule has 1 atom stereocenters. The van der Waals surface area contributed by atoms with Gasteiger partial charge in [0.25, 0.3) is 0 Å². The summed E-state index contributed by atoms with van der Waals surface area (Å²) in [5.41, 5.74) is 6.89. The first kappa shape index (κ1) is 19.5. The number of hydrogen-bond acceptors (Lipinski definition) is 1. The molecule has 3 aromatic rings. The molecule has 0 fully saturated rings. The van der Waals surface area contributed by atoms with E-state index in [4.69, 9.17) is 4.74 Å². The van der Waals surface area contributed by atoms with Crippen LogP contribution in [0.1, 0.15) is 22.2 Å². The van der Waals surface area contributed by atoms with Gasteiger partial charge in [0, 0.05) is 11.1 Å². The molecule has 1 aliphatic carbocycles. The van der Waals surface area contributed by atoms with Gasteiger partial charge in [-0.2, -0.15) is 0 Å². The van der Waals surface area contributed by atoms with Gasteiger partial charge in [-0.1, -0.05) is 104 Å². The summed E-state index contributed by atoms with van der Waals surface area (Å²) in [4.78, 5) is 0. The van der Waals surface area contributed by atoms with Crippen molar-refractivity contribution < 1.29 is 4.74 Å². The van der Waals surface area contributed by atoms with E-state index in [9.17, 15) is 0 Å². The number of fused-ring (bicyclic) bond motifs is 1. The molecule has 0 bridgehead atoms. The molecule has 3 aromatic carbocycles. The van der Waals surface area contributed by atoms with Gasteiger partial charge in [0.15, 0.2) is 0 Å². The van der Waals surface area contributed by atoms with Crippen molar-refractivity contribution in [3.63, 3.8) is 0 Å². The van der Waals surface area contributed by atoms with Crippen LogP contribution in [0.3, 0.4) is 0 Å².